The zero-order valence-corrected chi connectivity index (χ0v) is 13.9. The molecule has 0 saturated heterocycles. The lowest BCUT2D eigenvalue weighted by atomic mass is 9.75. The molecule has 21 heavy (non-hydrogen) atoms. The Morgan fingerprint density at radius 3 is 2.81 bits per heavy atom. The third kappa shape index (κ3) is 3.74. The number of ether oxygens (including phenoxy) is 1. The summed E-state index contributed by atoms with van der Waals surface area (Å²) in [6, 6.07) is 6.35. The Hall–Kier alpha value is -1.15. The van der Waals surface area contributed by atoms with Crippen LogP contribution in [0.3, 0.4) is 0 Å². The lowest BCUT2D eigenvalue weighted by Crippen LogP contribution is -2.46. The van der Waals surface area contributed by atoms with E-state index in [4.69, 9.17) is 4.74 Å². The average molecular weight is 288 g/mol. The first kappa shape index (κ1) is 16.2. The highest BCUT2D eigenvalue weighted by Crippen LogP contribution is 2.37. The number of hydrogen-bond acceptors (Lipinski definition) is 2. The Balaban J connectivity index is 2.20. The summed E-state index contributed by atoms with van der Waals surface area (Å²) >= 11 is 0. The molecule has 2 atom stereocenters. The Morgan fingerprint density at radius 2 is 2.14 bits per heavy atom. The summed E-state index contributed by atoms with van der Waals surface area (Å²) in [4.78, 5) is 13.0. The van der Waals surface area contributed by atoms with Gasteiger partial charge in [0.1, 0.15) is 5.60 Å². The minimum atomic E-state index is -0.539. The molecule has 1 aromatic carbocycles. The molecule has 0 spiro atoms. The molecule has 2 nitrogen and oxygen atoms in total. The molecular formula is C19H28O2. The molecular weight excluding hydrogens is 260 g/mol. The van der Waals surface area contributed by atoms with Crippen LogP contribution in [0.2, 0.25) is 0 Å². The van der Waals surface area contributed by atoms with Crippen LogP contribution in [0.4, 0.5) is 0 Å². The van der Waals surface area contributed by atoms with Gasteiger partial charge in [-0.1, -0.05) is 37.1 Å². The van der Waals surface area contributed by atoms with Gasteiger partial charge in [-0.2, -0.15) is 0 Å². The number of hydrogen-bond donors (Lipinski definition) is 0. The minimum absolute atomic E-state index is 0.268. The van der Waals surface area contributed by atoms with Gasteiger partial charge in [0.2, 0.25) is 0 Å². The van der Waals surface area contributed by atoms with Crippen molar-refractivity contribution in [3.63, 3.8) is 0 Å². The summed E-state index contributed by atoms with van der Waals surface area (Å²) in [6.45, 7) is 9.00. The van der Waals surface area contributed by atoms with E-state index in [0.29, 0.717) is 18.9 Å². The zero-order chi connectivity index (χ0) is 15.5. The molecule has 1 fully saturated rings. The molecule has 1 aromatic rings. The van der Waals surface area contributed by atoms with Gasteiger partial charge in [0.25, 0.3) is 0 Å². The molecule has 2 rings (SSSR count). The van der Waals surface area contributed by atoms with Gasteiger partial charge in [-0.25, -0.2) is 0 Å². The second kappa shape index (κ2) is 6.74. The minimum Gasteiger partial charge on any atom is -0.367 e. The predicted molar refractivity (Wildman–Crippen MR) is 86.6 cm³/mol. The van der Waals surface area contributed by atoms with Crippen molar-refractivity contribution >= 4 is 5.78 Å². The molecule has 0 amide bonds. The summed E-state index contributed by atoms with van der Waals surface area (Å²) in [7, 11) is 0. The van der Waals surface area contributed by atoms with Gasteiger partial charge in [0.15, 0.2) is 5.78 Å². The van der Waals surface area contributed by atoms with Crippen molar-refractivity contribution in [2.75, 3.05) is 6.61 Å². The van der Waals surface area contributed by atoms with Crippen molar-refractivity contribution in [1.82, 2.24) is 0 Å². The summed E-state index contributed by atoms with van der Waals surface area (Å²) in [5, 5.41) is 0. The highest BCUT2D eigenvalue weighted by molar-refractivity contribution is 5.89. The summed E-state index contributed by atoms with van der Waals surface area (Å²) in [6.07, 6.45) is 4.57. The monoisotopic (exact) mass is 288 g/mol. The molecule has 1 aliphatic rings. The molecule has 0 bridgehead atoms. The molecule has 0 radical (unpaired) electrons. The molecule has 1 saturated carbocycles. The van der Waals surface area contributed by atoms with E-state index in [1.807, 2.05) is 6.92 Å². The molecule has 0 aliphatic heterocycles. The van der Waals surface area contributed by atoms with Crippen molar-refractivity contribution in [3.05, 3.63) is 34.9 Å². The predicted octanol–water partition coefficient (Wildman–Crippen LogP) is 4.40. The highest BCUT2D eigenvalue weighted by atomic mass is 16.5. The second-order valence-corrected chi connectivity index (χ2v) is 6.66. The Labute approximate surface area is 128 Å². The van der Waals surface area contributed by atoms with Crippen LogP contribution in [0, 0.1) is 19.8 Å². The van der Waals surface area contributed by atoms with Gasteiger partial charge >= 0.3 is 0 Å². The van der Waals surface area contributed by atoms with E-state index in [-0.39, 0.29) is 5.78 Å². The fourth-order valence-corrected chi connectivity index (χ4v) is 3.57. The lowest BCUT2D eigenvalue weighted by Gasteiger charge is -2.38. The topological polar surface area (TPSA) is 26.3 Å². The second-order valence-electron chi connectivity index (χ2n) is 6.66. The average Bonchev–Trinajstić information content (AvgIpc) is 2.43. The number of aryl methyl sites for hydroxylation is 2. The lowest BCUT2D eigenvalue weighted by molar-refractivity contribution is -0.150. The number of benzene rings is 1. The highest BCUT2D eigenvalue weighted by Gasteiger charge is 2.41. The van der Waals surface area contributed by atoms with Crippen LogP contribution in [0.1, 0.15) is 56.2 Å². The molecule has 0 N–H and O–H groups in total. The number of rotatable bonds is 5. The quantitative estimate of drug-likeness (QED) is 0.802. The van der Waals surface area contributed by atoms with E-state index in [2.05, 4.69) is 39.0 Å². The van der Waals surface area contributed by atoms with Crippen LogP contribution < -0.4 is 0 Å². The fourth-order valence-electron chi connectivity index (χ4n) is 3.57. The fraction of sp³-hybridized carbons (Fsp3) is 0.632. The van der Waals surface area contributed by atoms with E-state index >= 15 is 0 Å². The molecule has 0 heterocycles. The molecule has 0 aromatic heterocycles. The summed E-state index contributed by atoms with van der Waals surface area (Å²) in [5.41, 5.74) is 3.02. The van der Waals surface area contributed by atoms with Gasteiger partial charge in [0.05, 0.1) is 0 Å². The maximum Gasteiger partial charge on any atom is 0.168 e. The number of Topliss-reactive ketones (excluding diaryl/α,β-unsaturated/α-hetero) is 1. The van der Waals surface area contributed by atoms with Crippen molar-refractivity contribution in [2.24, 2.45) is 5.92 Å². The van der Waals surface area contributed by atoms with Crippen LogP contribution in [0.5, 0.6) is 0 Å². The SMILES string of the molecule is CCOC1(C(=O)Cc2cc(C)ccc2C)CCCC(C)C1. The normalized spacial score (nSPS) is 25.8. The smallest absolute Gasteiger partial charge is 0.168 e. The molecule has 116 valence electrons. The van der Waals surface area contributed by atoms with E-state index < -0.39 is 5.60 Å². The Morgan fingerprint density at radius 1 is 1.38 bits per heavy atom. The van der Waals surface area contributed by atoms with E-state index in [9.17, 15) is 4.79 Å². The standard InChI is InChI=1S/C19H28O2/c1-5-21-19(10-6-7-15(3)13-19)18(20)12-17-11-14(2)8-9-16(17)4/h8-9,11,15H,5-7,10,12-13H2,1-4H3. The number of ketones is 1. The van der Waals surface area contributed by atoms with Crippen molar-refractivity contribution in [1.29, 1.82) is 0 Å². The molecule has 2 heteroatoms. The van der Waals surface area contributed by atoms with Gasteiger partial charge < -0.3 is 4.74 Å². The van der Waals surface area contributed by atoms with Gasteiger partial charge in [0, 0.05) is 13.0 Å². The maximum atomic E-state index is 13.0. The first-order chi connectivity index (χ1) is 9.97. The van der Waals surface area contributed by atoms with E-state index in [0.717, 1.165) is 24.8 Å². The third-order valence-electron chi connectivity index (χ3n) is 4.74. The molecule has 2 unspecified atom stereocenters. The van der Waals surface area contributed by atoms with Crippen molar-refractivity contribution < 1.29 is 9.53 Å². The van der Waals surface area contributed by atoms with Crippen molar-refractivity contribution in [2.45, 2.75) is 65.4 Å². The van der Waals surface area contributed by atoms with Gasteiger partial charge in [-0.3, -0.25) is 4.79 Å². The Bertz CT molecular complexity index is 502. The number of carbonyl (C=O) groups excluding carboxylic acids is 1. The largest absolute Gasteiger partial charge is 0.367 e. The van der Waals surface area contributed by atoms with Crippen LogP contribution in [0.15, 0.2) is 18.2 Å². The van der Waals surface area contributed by atoms with E-state index in [1.165, 1.54) is 17.5 Å². The van der Waals surface area contributed by atoms with Gasteiger partial charge in [-0.15, -0.1) is 0 Å². The van der Waals surface area contributed by atoms with Crippen molar-refractivity contribution in [3.8, 4) is 0 Å². The summed E-state index contributed by atoms with van der Waals surface area (Å²) in [5.74, 6) is 0.845. The Kier molecular flexibility index (Phi) is 5.21. The first-order valence-corrected chi connectivity index (χ1v) is 8.20. The summed E-state index contributed by atoms with van der Waals surface area (Å²) < 4.78 is 6.00. The van der Waals surface area contributed by atoms with Gasteiger partial charge in [-0.05, 0) is 57.1 Å². The van der Waals surface area contributed by atoms with Crippen LogP contribution in [-0.4, -0.2) is 18.0 Å². The molecule has 1 aliphatic carbocycles. The third-order valence-corrected chi connectivity index (χ3v) is 4.74. The van der Waals surface area contributed by atoms with Crippen LogP contribution in [-0.2, 0) is 16.0 Å². The number of carbonyl (C=O) groups is 1. The van der Waals surface area contributed by atoms with E-state index in [1.54, 1.807) is 0 Å². The maximum absolute atomic E-state index is 13.0. The van der Waals surface area contributed by atoms with Crippen LogP contribution >= 0.6 is 0 Å². The zero-order valence-electron chi connectivity index (χ0n) is 13.9. The first-order valence-electron chi connectivity index (χ1n) is 8.20. The van der Waals surface area contributed by atoms with Crippen LogP contribution in [0.25, 0.3) is 0 Å².